The second kappa shape index (κ2) is 4.88. The number of rotatable bonds is 2. The van der Waals surface area contributed by atoms with Crippen LogP contribution in [-0.2, 0) is 6.54 Å². The van der Waals surface area contributed by atoms with Crippen molar-refractivity contribution in [2.45, 2.75) is 31.8 Å². The van der Waals surface area contributed by atoms with E-state index in [0.29, 0.717) is 6.04 Å². The largest absolute Gasteiger partial charge is 0.327 e. The molecule has 2 fully saturated rings. The zero-order valence-corrected chi connectivity index (χ0v) is 11.5. The fourth-order valence-electron chi connectivity index (χ4n) is 3.40. The van der Waals surface area contributed by atoms with Gasteiger partial charge in [-0.1, -0.05) is 18.0 Å². The minimum Gasteiger partial charge on any atom is -0.327 e. The quantitative estimate of drug-likeness (QED) is 0.895. The molecule has 0 amide bonds. The van der Waals surface area contributed by atoms with Gasteiger partial charge in [0.15, 0.2) is 0 Å². The van der Waals surface area contributed by atoms with Crippen LogP contribution in [0.15, 0.2) is 12.1 Å². The number of nitrogens with zero attached hydrogens (tertiary/aromatic N) is 1. The summed E-state index contributed by atoms with van der Waals surface area (Å²) < 4.78 is 0.897. The van der Waals surface area contributed by atoms with E-state index in [1.165, 1.54) is 37.2 Å². The van der Waals surface area contributed by atoms with Crippen LogP contribution in [0, 0.1) is 11.8 Å². The van der Waals surface area contributed by atoms with Gasteiger partial charge in [0.25, 0.3) is 0 Å². The summed E-state index contributed by atoms with van der Waals surface area (Å²) >= 11 is 7.67. The summed E-state index contributed by atoms with van der Waals surface area (Å²) in [5.41, 5.74) is 6.23. The molecule has 4 heteroatoms. The standard InChI is InChI=1S/C13H19ClN2S/c14-13-5-4-10(17-13)7-16-6-9-2-1-3-12(15)11(9)8-16/h4-5,9,11-12H,1-3,6-8,15H2. The predicted molar refractivity (Wildman–Crippen MR) is 73.4 cm³/mol. The smallest absolute Gasteiger partial charge is 0.0931 e. The number of fused-ring (bicyclic) bond motifs is 1. The Hall–Kier alpha value is -0.0900. The van der Waals surface area contributed by atoms with E-state index in [1.807, 2.05) is 6.07 Å². The fraction of sp³-hybridized carbons (Fsp3) is 0.692. The second-order valence-corrected chi connectivity index (χ2v) is 7.22. The first-order valence-electron chi connectivity index (χ1n) is 6.44. The molecule has 0 aromatic carbocycles. The Labute approximate surface area is 112 Å². The van der Waals surface area contributed by atoms with E-state index < -0.39 is 0 Å². The van der Waals surface area contributed by atoms with Crippen LogP contribution in [0.5, 0.6) is 0 Å². The molecule has 1 aliphatic carbocycles. The number of hydrogen-bond acceptors (Lipinski definition) is 3. The van der Waals surface area contributed by atoms with Crippen molar-refractivity contribution in [2.24, 2.45) is 17.6 Å². The molecular weight excluding hydrogens is 252 g/mol. The molecule has 0 spiro atoms. The molecule has 17 heavy (non-hydrogen) atoms. The van der Waals surface area contributed by atoms with Crippen molar-refractivity contribution in [3.8, 4) is 0 Å². The molecular formula is C13H19ClN2S. The van der Waals surface area contributed by atoms with Gasteiger partial charge >= 0.3 is 0 Å². The Balaban J connectivity index is 1.63. The third-order valence-electron chi connectivity index (χ3n) is 4.24. The molecule has 1 aromatic rings. The van der Waals surface area contributed by atoms with Gasteiger partial charge in [-0.3, -0.25) is 4.90 Å². The third-order valence-corrected chi connectivity index (χ3v) is 5.45. The first-order chi connectivity index (χ1) is 8.22. The Morgan fingerprint density at radius 2 is 2.24 bits per heavy atom. The van der Waals surface area contributed by atoms with E-state index in [1.54, 1.807) is 11.3 Å². The maximum Gasteiger partial charge on any atom is 0.0931 e. The lowest BCUT2D eigenvalue weighted by molar-refractivity contribution is 0.259. The van der Waals surface area contributed by atoms with Crippen molar-refractivity contribution < 1.29 is 0 Å². The maximum absolute atomic E-state index is 6.23. The highest BCUT2D eigenvalue weighted by Crippen LogP contribution is 2.36. The second-order valence-electron chi connectivity index (χ2n) is 5.42. The highest BCUT2D eigenvalue weighted by Gasteiger charge is 2.38. The van der Waals surface area contributed by atoms with Gasteiger partial charge in [0, 0.05) is 30.6 Å². The van der Waals surface area contributed by atoms with Crippen molar-refractivity contribution in [1.82, 2.24) is 4.90 Å². The molecule has 3 unspecified atom stereocenters. The van der Waals surface area contributed by atoms with Gasteiger partial charge in [0.05, 0.1) is 4.34 Å². The van der Waals surface area contributed by atoms with Crippen molar-refractivity contribution in [2.75, 3.05) is 13.1 Å². The molecule has 1 aliphatic heterocycles. The van der Waals surface area contributed by atoms with Crippen LogP contribution in [-0.4, -0.2) is 24.0 Å². The average Bonchev–Trinajstić information content (AvgIpc) is 2.86. The number of likely N-dealkylation sites (tertiary alicyclic amines) is 1. The van der Waals surface area contributed by atoms with E-state index in [0.717, 1.165) is 22.7 Å². The normalized spacial score (nSPS) is 33.9. The van der Waals surface area contributed by atoms with E-state index in [2.05, 4.69) is 11.0 Å². The molecule has 2 N–H and O–H groups in total. The number of thiophene rings is 1. The molecule has 1 aromatic heterocycles. The Morgan fingerprint density at radius 1 is 1.35 bits per heavy atom. The number of nitrogens with two attached hydrogens (primary N) is 1. The first kappa shape index (κ1) is 12.0. The summed E-state index contributed by atoms with van der Waals surface area (Å²) in [6.45, 7) is 3.46. The summed E-state index contributed by atoms with van der Waals surface area (Å²) in [6.07, 6.45) is 3.92. The van der Waals surface area contributed by atoms with Crippen LogP contribution in [0.1, 0.15) is 24.1 Å². The van der Waals surface area contributed by atoms with Crippen molar-refractivity contribution in [3.63, 3.8) is 0 Å². The van der Waals surface area contributed by atoms with E-state index in [4.69, 9.17) is 17.3 Å². The monoisotopic (exact) mass is 270 g/mol. The third kappa shape index (κ3) is 2.53. The van der Waals surface area contributed by atoms with Crippen molar-refractivity contribution in [1.29, 1.82) is 0 Å². The maximum atomic E-state index is 6.23. The Morgan fingerprint density at radius 3 is 2.94 bits per heavy atom. The van der Waals surface area contributed by atoms with Crippen LogP contribution < -0.4 is 5.73 Å². The number of halogens is 1. The van der Waals surface area contributed by atoms with Gasteiger partial charge < -0.3 is 5.73 Å². The molecule has 1 saturated heterocycles. The average molecular weight is 271 g/mol. The van der Waals surface area contributed by atoms with Gasteiger partial charge in [-0.2, -0.15) is 0 Å². The lowest BCUT2D eigenvalue weighted by Crippen LogP contribution is -2.38. The van der Waals surface area contributed by atoms with Gasteiger partial charge in [0.1, 0.15) is 0 Å². The summed E-state index contributed by atoms with van der Waals surface area (Å²) in [4.78, 5) is 3.94. The summed E-state index contributed by atoms with van der Waals surface area (Å²) in [5.74, 6) is 1.58. The molecule has 2 heterocycles. The summed E-state index contributed by atoms with van der Waals surface area (Å²) in [5, 5.41) is 0. The van der Waals surface area contributed by atoms with Gasteiger partial charge in [-0.25, -0.2) is 0 Å². The fourth-order valence-corrected chi connectivity index (χ4v) is 4.53. The SMILES string of the molecule is NC1CCCC2CN(Cc3ccc(Cl)s3)CC12. The van der Waals surface area contributed by atoms with E-state index in [9.17, 15) is 0 Å². The van der Waals surface area contributed by atoms with Crippen molar-refractivity contribution >= 4 is 22.9 Å². The summed E-state index contributed by atoms with van der Waals surface area (Å²) in [6, 6.07) is 4.58. The molecule has 2 aliphatic rings. The van der Waals surface area contributed by atoms with Crippen LogP contribution in [0.25, 0.3) is 0 Å². The topological polar surface area (TPSA) is 29.3 Å². The summed E-state index contributed by atoms with van der Waals surface area (Å²) in [7, 11) is 0. The lowest BCUT2D eigenvalue weighted by atomic mass is 9.78. The molecule has 0 bridgehead atoms. The van der Waals surface area contributed by atoms with Gasteiger partial charge in [0.2, 0.25) is 0 Å². The van der Waals surface area contributed by atoms with Crippen LogP contribution in [0.4, 0.5) is 0 Å². The highest BCUT2D eigenvalue weighted by molar-refractivity contribution is 7.16. The van der Waals surface area contributed by atoms with Gasteiger partial charge in [-0.05, 0) is 36.8 Å². The predicted octanol–water partition coefficient (Wildman–Crippen LogP) is 2.96. The minimum atomic E-state index is 0.436. The van der Waals surface area contributed by atoms with Crippen LogP contribution in [0.3, 0.4) is 0 Å². The van der Waals surface area contributed by atoms with Crippen molar-refractivity contribution in [3.05, 3.63) is 21.3 Å². The van der Waals surface area contributed by atoms with Crippen LogP contribution >= 0.6 is 22.9 Å². The Bertz CT molecular complexity index is 393. The molecule has 1 saturated carbocycles. The van der Waals surface area contributed by atoms with Crippen LogP contribution in [0.2, 0.25) is 4.34 Å². The number of hydrogen-bond donors (Lipinski definition) is 1. The molecule has 0 radical (unpaired) electrons. The zero-order chi connectivity index (χ0) is 11.8. The molecule has 3 rings (SSSR count). The molecule has 94 valence electrons. The lowest BCUT2D eigenvalue weighted by Gasteiger charge is -2.29. The first-order valence-corrected chi connectivity index (χ1v) is 7.64. The molecule has 2 nitrogen and oxygen atoms in total. The van der Waals surface area contributed by atoms with E-state index >= 15 is 0 Å². The highest BCUT2D eigenvalue weighted by atomic mass is 35.5. The van der Waals surface area contributed by atoms with Gasteiger partial charge in [-0.15, -0.1) is 11.3 Å². The zero-order valence-electron chi connectivity index (χ0n) is 9.94. The Kier molecular flexibility index (Phi) is 3.44. The molecule has 3 atom stereocenters. The van der Waals surface area contributed by atoms with E-state index in [-0.39, 0.29) is 0 Å². The minimum absolute atomic E-state index is 0.436.